The average molecular weight is 284 g/mol. The Kier molecular flexibility index (Phi) is 3.44. The van der Waals surface area contributed by atoms with Crippen LogP contribution in [0.15, 0.2) is 18.3 Å². The Morgan fingerprint density at radius 2 is 2.24 bits per heavy atom. The molecule has 1 heterocycles. The predicted molar refractivity (Wildman–Crippen MR) is 81.9 cm³/mol. The van der Waals surface area contributed by atoms with Crippen molar-refractivity contribution in [1.82, 2.24) is 10.3 Å². The van der Waals surface area contributed by atoms with E-state index in [4.69, 9.17) is 0 Å². The van der Waals surface area contributed by atoms with Crippen LogP contribution in [0.5, 0.6) is 0 Å². The fraction of sp³-hybridized carbons (Fsp3) is 0.667. The smallest absolute Gasteiger partial charge is 0.220 e. The lowest BCUT2D eigenvalue weighted by Crippen LogP contribution is -2.30. The fourth-order valence-corrected chi connectivity index (χ4v) is 4.87. The number of aromatic nitrogens is 1. The molecule has 0 aromatic carbocycles. The van der Waals surface area contributed by atoms with E-state index >= 15 is 0 Å². The van der Waals surface area contributed by atoms with Crippen molar-refractivity contribution in [1.29, 1.82) is 0 Å². The molecule has 4 rings (SSSR count). The van der Waals surface area contributed by atoms with E-state index in [1.54, 1.807) is 0 Å². The van der Waals surface area contributed by atoms with Crippen LogP contribution in [0.1, 0.15) is 55.7 Å². The molecular formula is C18H24N2O. The van der Waals surface area contributed by atoms with Gasteiger partial charge in [-0.1, -0.05) is 12.5 Å². The summed E-state index contributed by atoms with van der Waals surface area (Å²) in [5, 5.41) is 3.17. The summed E-state index contributed by atoms with van der Waals surface area (Å²) < 4.78 is 0. The second-order valence-corrected chi connectivity index (χ2v) is 7.23. The lowest BCUT2D eigenvalue weighted by molar-refractivity contribution is -0.122. The molecule has 1 amide bonds. The molecule has 3 nitrogen and oxygen atoms in total. The van der Waals surface area contributed by atoms with Gasteiger partial charge in [-0.15, -0.1) is 0 Å². The van der Waals surface area contributed by atoms with Crippen molar-refractivity contribution in [2.24, 2.45) is 17.8 Å². The maximum atomic E-state index is 12.2. The van der Waals surface area contributed by atoms with Crippen molar-refractivity contribution in [2.75, 3.05) is 6.54 Å². The Morgan fingerprint density at radius 3 is 3.05 bits per heavy atom. The highest BCUT2D eigenvalue weighted by molar-refractivity contribution is 5.76. The van der Waals surface area contributed by atoms with Crippen molar-refractivity contribution in [3.63, 3.8) is 0 Å². The molecule has 2 saturated carbocycles. The number of hydrogen-bond acceptors (Lipinski definition) is 2. The van der Waals surface area contributed by atoms with Crippen molar-refractivity contribution in [2.45, 2.75) is 50.9 Å². The summed E-state index contributed by atoms with van der Waals surface area (Å²) >= 11 is 0. The van der Waals surface area contributed by atoms with Crippen LogP contribution in [0.2, 0.25) is 0 Å². The van der Waals surface area contributed by atoms with Crippen LogP contribution >= 0.6 is 0 Å². The topological polar surface area (TPSA) is 42.0 Å². The minimum absolute atomic E-state index is 0.261. The number of nitrogens with one attached hydrogen (secondary N) is 1. The molecule has 3 aliphatic carbocycles. The van der Waals surface area contributed by atoms with Crippen molar-refractivity contribution >= 4 is 5.91 Å². The van der Waals surface area contributed by atoms with Crippen molar-refractivity contribution in [3.8, 4) is 0 Å². The van der Waals surface area contributed by atoms with Crippen LogP contribution < -0.4 is 5.32 Å². The molecule has 2 fully saturated rings. The standard InChI is InChI=1S/C18H24N2O/c21-17(10-16-9-12-3-4-14(16)8-12)20-11-15-6-5-13-2-1-7-19-18(13)15/h1-2,7,12,14-16H,3-6,8-11H2,(H,20,21). The zero-order valence-corrected chi connectivity index (χ0v) is 12.6. The van der Waals surface area contributed by atoms with E-state index < -0.39 is 0 Å². The first kappa shape index (κ1) is 13.3. The third-order valence-corrected chi connectivity index (χ3v) is 5.95. The summed E-state index contributed by atoms with van der Waals surface area (Å²) in [5.41, 5.74) is 2.57. The van der Waals surface area contributed by atoms with Gasteiger partial charge < -0.3 is 5.32 Å². The number of amides is 1. The molecule has 0 radical (unpaired) electrons. The third kappa shape index (κ3) is 2.58. The summed E-state index contributed by atoms with van der Waals surface area (Å²) in [6, 6.07) is 4.17. The van der Waals surface area contributed by atoms with Gasteiger partial charge in [-0.2, -0.15) is 0 Å². The zero-order valence-electron chi connectivity index (χ0n) is 12.6. The Hall–Kier alpha value is -1.38. The molecule has 0 aliphatic heterocycles. The maximum absolute atomic E-state index is 12.2. The number of pyridine rings is 1. The van der Waals surface area contributed by atoms with Crippen LogP contribution in [0.25, 0.3) is 0 Å². The van der Waals surface area contributed by atoms with E-state index in [1.807, 2.05) is 12.3 Å². The molecule has 1 aromatic rings. The van der Waals surface area contributed by atoms with Crippen LogP contribution in [-0.2, 0) is 11.2 Å². The third-order valence-electron chi connectivity index (χ3n) is 5.95. The van der Waals surface area contributed by atoms with Gasteiger partial charge in [0.15, 0.2) is 0 Å². The van der Waals surface area contributed by atoms with E-state index in [0.717, 1.165) is 37.6 Å². The molecular weight excluding hydrogens is 260 g/mol. The van der Waals surface area contributed by atoms with Crippen LogP contribution in [-0.4, -0.2) is 17.4 Å². The molecule has 0 saturated heterocycles. The van der Waals surface area contributed by atoms with Gasteiger partial charge in [-0.25, -0.2) is 0 Å². The highest BCUT2D eigenvalue weighted by Gasteiger charge is 2.40. The van der Waals surface area contributed by atoms with Gasteiger partial charge >= 0.3 is 0 Å². The largest absolute Gasteiger partial charge is 0.355 e. The summed E-state index contributed by atoms with van der Waals surface area (Å²) in [7, 11) is 0. The minimum atomic E-state index is 0.261. The molecule has 1 N–H and O–H groups in total. The highest BCUT2D eigenvalue weighted by Crippen LogP contribution is 2.49. The number of rotatable bonds is 4. The van der Waals surface area contributed by atoms with E-state index in [0.29, 0.717) is 11.8 Å². The first-order valence-electron chi connectivity index (χ1n) is 8.50. The predicted octanol–water partition coefficient (Wildman–Crippen LogP) is 3.05. The van der Waals surface area contributed by atoms with E-state index in [-0.39, 0.29) is 5.91 Å². The van der Waals surface area contributed by atoms with Gasteiger partial charge in [0.25, 0.3) is 0 Å². The molecule has 1 aromatic heterocycles. The molecule has 4 unspecified atom stereocenters. The van der Waals surface area contributed by atoms with Gasteiger partial charge in [0.05, 0.1) is 0 Å². The van der Waals surface area contributed by atoms with Crippen LogP contribution in [0, 0.1) is 17.8 Å². The monoisotopic (exact) mass is 284 g/mol. The summed E-state index contributed by atoms with van der Waals surface area (Å²) in [5.74, 6) is 3.12. The lowest BCUT2D eigenvalue weighted by atomic mass is 9.86. The van der Waals surface area contributed by atoms with Crippen LogP contribution in [0.3, 0.4) is 0 Å². The summed E-state index contributed by atoms with van der Waals surface area (Å²) in [6.45, 7) is 0.768. The first-order chi connectivity index (χ1) is 10.3. The number of carbonyl (C=O) groups excluding carboxylic acids is 1. The summed E-state index contributed by atoms with van der Waals surface area (Å²) in [4.78, 5) is 16.7. The Balaban J connectivity index is 1.28. The van der Waals surface area contributed by atoms with Gasteiger partial charge in [-0.05, 0) is 61.5 Å². The Bertz CT molecular complexity index is 542. The average Bonchev–Trinajstić information content (AvgIpc) is 3.20. The number of nitrogens with zero attached hydrogens (tertiary/aromatic N) is 1. The second kappa shape index (κ2) is 5.43. The molecule has 0 spiro atoms. The van der Waals surface area contributed by atoms with Gasteiger partial charge in [0.2, 0.25) is 5.91 Å². The van der Waals surface area contributed by atoms with Crippen LogP contribution in [0.4, 0.5) is 0 Å². The molecule has 112 valence electrons. The highest BCUT2D eigenvalue weighted by atomic mass is 16.1. The molecule has 3 heteroatoms. The van der Waals surface area contributed by atoms with E-state index in [9.17, 15) is 4.79 Å². The number of hydrogen-bond donors (Lipinski definition) is 1. The summed E-state index contributed by atoms with van der Waals surface area (Å²) in [6.07, 6.45) is 10.3. The number of carbonyl (C=O) groups is 1. The molecule has 4 atom stereocenters. The minimum Gasteiger partial charge on any atom is -0.355 e. The van der Waals surface area contributed by atoms with Crippen molar-refractivity contribution in [3.05, 3.63) is 29.6 Å². The van der Waals surface area contributed by atoms with E-state index in [1.165, 1.54) is 36.9 Å². The van der Waals surface area contributed by atoms with Crippen molar-refractivity contribution < 1.29 is 4.79 Å². The van der Waals surface area contributed by atoms with E-state index in [2.05, 4.69) is 16.4 Å². The Morgan fingerprint density at radius 1 is 1.29 bits per heavy atom. The van der Waals surface area contributed by atoms with Gasteiger partial charge in [0.1, 0.15) is 0 Å². The fourth-order valence-electron chi connectivity index (χ4n) is 4.87. The normalized spacial score (nSPS) is 33.1. The molecule has 21 heavy (non-hydrogen) atoms. The number of fused-ring (bicyclic) bond motifs is 3. The Labute approximate surface area is 126 Å². The quantitative estimate of drug-likeness (QED) is 0.923. The first-order valence-corrected chi connectivity index (χ1v) is 8.50. The molecule has 2 bridgehead atoms. The maximum Gasteiger partial charge on any atom is 0.220 e. The molecule has 3 aliphatic rings. The zero-order chi connectivity index (χ0) is 14.2. The number of aryl methyl sites for hydroxylation is 1. The van der Waals surface area contributed by atoms with Gasteiger partial charge in [0, 0.05) is 30.8 Å². The lowest BCUT2D eigenvalue weighted by Gasteiger charge is -2.21. The second-order valence-electron chi connectivity index (χ2n) is 7.23. The SMILES string of the molecule is O=C(CC1CC2CCC1C2)NCC1CCc2cccnc21. The van der Waals surface area contributed by atoms with Gasteiger partial charge in [-0.3, -0.25) is 9.78 Å².